The van der Waals surface area contributed by atoms with Gasteiger partial charge in [-0.3, -0.25) is 9.59 Å². The lowest BCUT2D eigenvalue weighted by Gasteiger charge is -2.09. The number of carbonyl (C=O) groups is 2. The molecule has 2 aromatic heterocycles. The minimum Gasteiger partial charge on any atom is -0.370 e. The number of H-pyrrole nitrogens is 2. The lowest BCUT2D eigenvalue weighted by atomic mass is 9.99. The van der Waals surface area contributed by atoms with Crippen molar-refractivity contribution in [2.24, 2.45) is 5.73 Å². The first-order chi connectivity index (χ1) is 15.5. The third-order valence-electron chi connectivity index (χ3n) is 4.53. The summed E-state index contributed by atoms with van der Waals surface area (Å²) in [6.07, 6.45) is 3.31. The monoisotopic (exact) mass is 452 g/mol. The zero-order chi connectivity index (χ0) is 22.9. The number of hydrogen-bond donors (Lipinski definition) is 4. The van der Waals surface area contributed by atoms with Crippen molar-refractivity contribution in [3.63, 3.8) is 0 Å². The molecule has 4 rings (SSSR count). The van der Waals surface area contributed by atoms with E-state index in [1.807, 2.05) is 42.5 Å². The summed E-state index contributed by atoms with van der Waals surface area (Å²) >= 11 is 5.54. The Hall–Kier alpha value is -3.84. The molecular weight excluding hydrogens is 431 g/mol. The van der Waals surface area contributed by atoms with Gasteiger partial charge in [-0.25, -0.2) is 4.39 Å². The number of benzene rings is 2. The van der Waals surface area contributed by atoms with Crippen LogP contribution in [0.25, 0.3) is 22.5 Å². The Morgan fingerprint density at radius 3 is 2.28 bits per heavy atom. The molecule has 0 aliphatic carbocycles. The molecule has 8 heteroatoms. The van der Waals surface area contributed by atoms with E-state index in [0.29, 0.717) is 22.4 Å². The number of hydrogen-bond acceptors (Lipinski definition) is 2. The van der Waals surface area contributed by atoms with Crippen molar-refractivity contribution in [2.45, 2.75) is 6.42 Å². The summed E-state index contributed by atoms with van der Waals surface area (Å²) in [5.74, 6) is -1.34. The van der Waals surface area contributed by atoms with Crippen LogP contribution < -0.4 is 11.1 Å². The average Bonchev–Trinajstić information content (AvgIpc) is 3.45. The molecule has 6 nitrogen and oxygen atoms in total. The summed E-state index contributed by atoms with van der Waals surface area (Å²) in [7, 11) is 0. The van der Waals surface area contributed by atoms with Gasteiger partial charge in [0.05, 0.1) is 17.0 Å². The quantitative estimate of drug-likeness (QED) is 0.338. The van der Waals surface area contributed by atoms with Crippen molar-refractivity contribution in [1.82, 2.24) is 15.3 Å². The molecule has 0 radical (unpaired) electrons. The lowest BCUT2D eigenvalue weighted by Crippen LogP contribution is -2.28. The maximum Gasteiger partial charge on any atom is 0.253 e. The molecule has 0 unspecified atom stereocenters. The molecule has 0 saturated carbocycles. The molecule has 0 aliphatic rings. The molecule has 0 spiro atoms. The second-order valence-electron chi connectivity index (χ2n) is 6.78. The van der Waals surface area contributed by atoms with Gasteiger partial charge in [-0.2, -0.15) is 0 Å². The van der Waals surface area contributed by atoms with Crippen LogP contribution in [0.5, 0.6) is 0 Å². The molecule has 0 fully saturated rings. The van der Waals surface area contributed by atoms with Crippen molar-refractivity contribution in [3.05, 3.63) is 95.5 Å². The van der Waals surface area contributed by atoms with Crippen LogP contribution in [0, 0.1) is 5.82 Å². The van der Waals surface area contributed by atoms with E-state index < -0.39 is 17.6 Å². The van der Waals surface area contributed by atoms with E-state index in [9.17, 15) is 14.0 Å². The Labute approximate surface area is 189 Å². The summed E-state index contributed by atoms with van der Waals surface area (Å²) in [5.41, 5.74) is 7.47. The highest BCUT2D eigenvalue weighted by atomic mass is 35.5. The first-order valence-electron chi connectivity index (χ1n) is 9.84. The van der Waals surface area contributed by atoms with Crippen molar-refractivity contribution in [2.75, 3.05) is 6.54 Å². The number of rotatable bonds is 6. The van der Waals surface area contributed by atoms with Gasteiger partial charge in [-0.05, 0) is 30.3 Å². The van der Waals surface area contributed by atoms with E-state index in [0.717, 1.165) is 10.7 Å². The highest BCUT2D eigenvalue weighted by Gasteiger charge is 2.22. The van der Waals surface area contributed by atoms with Crippen LogP contribution in [0.2, 0.25) is 5.02 Å². The van der Waals surface area contributed by atoms with Gasteiger partial charge in [0.1, 0.15) is 5.82 Å². The average molecular weight is 453 g/mol. The third-order valence-corrected chi connectivity index (χ3v) is 4.78. The number of nitrogens with one attached hydrogen (secondary N) is 3. The first-order valence-corrected chi connectivity index (χ1v) is 10.2. The summed E-state index contributed by atoms with van der Waals surface area (Å²) in [6.45, 7) is 0.119. The Kier molecular flexibility index (Phi) is 7.83. The van der Waals surface area contributed by atoms with Crippen LogP contribution in [0.15, 0.2) is 79.1 Å². The summed E-state index contributed by atoms with van der Waals surface area (Å²) in [5, 5.41) is 3.42. The number of aromatic nitrogens is 2. The van der Waals surface area contributed by atoms with Gasteiger partial charge in [0.25, 0.3) is 5.91 Å². The second kappa shape index (κ2) is 11.0. The SMILES string of the molecule is Clc1ccccc1.NC(=O)CCNC(=O)c1c[nH]c(-c2ccc[nH]2)c1-c1ccccc1F. The lowest BCUT2D eigenvalue weighted by molar-refractivity contribution is -0.117. The third kappa shape index (κ3) is 5.86. The normalized spacial score (nSPS) is 10.2. The van der Waals surface area contributed by atoms with Gasteiger partial charge in [0.15, 0.2) is 0 Å². The smallest absolute Gasteiger partial charge is 0.253 e. The largest absolute Gasteiger partial charge is 0.370 e. The number of amides is 2. The zero-order valence-electron chi connectivity index (χ0n) is 17.1. The molecule has 2 aromatic carbocycles. The van der Waals surface area contributed by atoms with Crippen molar-refractivity contribution < 1.29 is 14.0 Å². The van der Waals surface area contributed by atoms with Crippen LogP contribution in [0.3, 0.4) is 0 Å². The van der Waals surface area contributed by atoms with Crippen LogP contribution in [-0.4, -0.2) is 28.3 Å². The maximum absolute atomic E-state index is 14.4. The van der Waals surface area contributed by atoms with Crippen molar-refractivity contribution >= 4 is 23.4 Å². The molecule has 4 aromatic rings. The number of nitrogens with two attached hydrogens (primary N) is 1. The fourth-order valence-electron chi connectivity index (χ4n) is 3.05. The second-order valence-corrected chi connectivity index (χ2v) is 7.22. The predicted octanol–water partition coefficient (Wildman–Crippen LogP) is 4.76. The number of aromatic amines is 2. The maximum atomic E-state index is 14.4. The van der Waals surface area contributed by atoms with Gasteiger partial charge < -0.3 is 21.0 Å². The van der Waals surface area contributed by atoms with Crippen LogP contribution in [0.1, 0.15) is 16.8 Å². The Bertz CT molecular complexity index is 1170. The minimum atomic E-state index is -0.504. The molecule has 0 bridgehead atoms. The van der Waals surface area contributed by atoms with Gasteiger partial charge in [0.2, 0.25) is 5.91 Å². The molecule has 5 N–H and O–H groups in total. The molecule has 164 valence electrons. The highest BCUT2D eigenvalue weighted by Crippen LogP contribution is 2.35. The summed E-state index contributed by atoms with van der Waals surface area (Å²) < 4.78 is 14.4. The fourth-order valence-corrected chi connectivity index (χ4v) is 3.20. The minimum absolute atomic E-state index is 0.0364. The van der Waals surface area contributed by atoms with Crippen LogP contribution in [-0.2, 0) is 4.79 Å². The number of halogens is 2. The van der Waals surface area contributed by atoms with Crippen LogP contribution >= 0.6 is 11.6 Å². The molecule has 32 heavy (non-hydrogen) atoms. The zero-order valence-corrected chi connectivity index (χ0v) is 17.8. The number of carbonyl (C=O) groups excluding carboxylic acids is 2. The molecule has 2 amide bonds. The van der Waals surface area contributed by atoms with Gasteiger partial charge in [-0.1, -0.05) is 48.0 Å². The van der Waals surface area contributed by atoms with Gasteiger partial charge >= 0.3 is 0 Å². The summed E-state index contributed by atoms with van der Waals surface area (Å²) in [6, 6.07) is 19.3. The van der Waals surface area contributed by atoms with E-state index in [1.165, 1.54) is 12.3 Å². The topological polar surface area (TPSA) is 104 Å². The van der Waals surface area contributed by atoms with E-state index in [2.05, 4.69) is 15.3 Å². The molecular formula is C24H22ClFN4O2. The first kappa shape index (κ1) is 22.8. The van der Waals surface area contributed by atoms with Crippen molar-refractivity contribution in [3.8, 4) is 22.5 Å². The van der Waals surface area contributed by atoms with E-state index in [-0.39, 0.29) is 13.0 Å². The Morgan fingerprint density at radius 1 is 0.969 bits per heavy atom. The molecule has 0 atom stereocenters. The summed E-state index contributed by atoms with van der Waals surface area (Å²) in [4.78, 5) is 29.4. The number of primary amides is 1. The predicted molar refractivity (Wildman–Crippen MR) is 124 cm³/mol. The fraction of sp³-hybridized carbons (Fsp3) is 0.0833. The van der Waals surface area contributed by atoms with Gasteiger partial charge in [0, 0.05) is 41.5 Å². The molecule has 2 heterocycles. The van der Waals surface area contributed by atoms with Crippen LogP contribution in [0.4, 0.5) is 4.39 Å². The molecule has 0 aliphatic heterocycles. The van der Waals surface area contributed by atoms with E-state index >= 15 is 0 Å². The molecule has 0 saturated heterocycles. The standard InChI is InChI=1S/C18H17FN4O2.C6H5Cl/c19-13-5-2-1-4-11(13)16-12(18(25)22-9-7-15(20)24)10-23-17(16)14-6-3-8-21-14;7-6-4-2-1-3-5-6/h1-6,8,10,21,23H,7,9H2,(H2,20,24)(H,22,25);1-5H. The van der Waals surface area contributed by atoms with Gasteiger partial charge in [-0.15, -0.1) is 0 Å². The highest BCUT2D eigenvalue weighted by molar-refractivity contribution is 6.30. The Balaban J connectivity index is 0.000000352. The van der Waals surface area contributed by atoms with Crippen molar-refractivity contribution in [1.29, 1.82) is 0 Å². The Morgan fingerprint density at radius 2 is 1.69 bits per heavy atom. The van der Waals surface area contributed by atoms with E-state index in [1.54, 1.807) is 24.4 Å². The van der Waals surface area contributed by atoms with E-state index in [4.69, 9.17) is 17.3 Å².